The second-order valence-electron chi connectivity index (χ2n) is 15.0. The van der Waals surface area contributed by atoms with E-state index in [-0.39, 0.29) is 6.10 Å². The Hall–Kier alpha value is -0.240. The lowest BCUT2D eigenvalue weighted by atomic mass is 10.0. The predicted molar refractivity (Wildman–Crippen MR) is 204 cm³/mol. The van der Waals surface area contributed by atoms with Gasteiger partial charge in [0.2, 0.25) is 0 Å². The zero-order chi connectivity index (χ0) is 33.1. The van der Waals surface area contributed by atoms with Crippen LogP contribution in [-0.4, -0.2) is 50.2 Å². The zero-order valence-electron chi connectivity index (χ0n) is 31.6. The molecular weight excluding hydrogens is 569 g/mol. The summed E-state index contributed by atoms with van der Waals surface area (Å²) in [5.41, 5.74) is 0. The molecule has 0 aromatic carbocycles. The second-order valence-corrected chi connectivity index (χ2v) is 15.9. The molecule has 1 atom stereocenters. The first-order valence-corrected chi connectivity index (χ1v) is 21.2. The first-order valence-electron chi connectivity index (χ1n) is 20.2. The largest absolute Gasteiger partial charge is 0.546 e. The molecule has 0 aromatic heterocycles. The maximum Gasteiger partial charge on any atom is 0.164 e. The molecule has 0 saturated heterocycles. The molecule has 268 valence electrons. The smallest absolute Gasteiger partial charge is 0.164 e. The third-order valence-corrected chi connectivity index (χ3v) is 9.96. The van der Waals surface area contributed by atoms with E-state index in [1.807, 2.05) is 0 Å². The first-order chi connectivity index (χ1) is 21.9. The molecule has 0 aromatic rings. The summed E-state index contributed by atoms with van der Waals surface area (Å²) in [6, 6.07) is 0. The Morgan fingerprint density at radius 2 is 0.889 bits per heavy atom. The number of allylic oxidation sites excluding steroid dienone is 2. The highest BCUT2D eigenvalue weighted by atomic mass is 31.1. The molecule has 4 heteroatoms. The second kappa shape index (κ2) is 35.1. The van der Waals surface area contributed by atoms with E-state index >= 15 is 0 Å². The summed E-state index contributed by atoms with van der Waals surface area (Å²) in [7, 11) is 7.50. The fourth-order valence-electron chi connectivity index (χ4n) is 6.09. The van der Waals surface area contributed by atoms with Crippen LogP contribution in [-0.2, 0) is 9.32 Å². The third kappa shape index (κ3) is 36.4. The van der Waals surface area contributed by atoms with E-state index in [0.717, 1.165) is 32.4 Å². The van der Waals surface area contributed by atoms with Crippen molar-refractivity contribution in [1.29, 1.82) is 0 Å². The van der Waals surface area contributed by atoms with E-state index in [0.29, 0.717) is 12.2 Å². The molecule has 0 rings (SSSR count). The van der Waals surface area contributed by atoms with Gasteiger partial charge in [-0.05, 0) is 32.1 Å². The maximum atomic E-state index is 13.0. The van der Waals surface area contributed by atoms with Gasteiger partial charge in [-0.1, -0.05) is 180 Å². The number of hydrogen-bond acceptors (Lipinski definition) is 2. The van der Waals surface area contributed by atoms with Crippen LogP contribution in [0.4, 0.5) is 0 Å². The summed E-state index contributed by atoms with van der Waals surface area (Å²) < 4.78 is 6.95. The summed E-state index contributed by atoms with van der Waals surface area (Å²) in [6.07, 6.45) is 45.5. The van der Waals surface area contributed by atoms with E-state index in [1.165, 1.54) is 180 Å². The van der Waals surface area contributed by atoms with Crippen LogP contribution in [0.2, 0.25) is 0 Å². The van der Waals surface area contributed by atoms with Crippen LogP contribution in [0.25, 0.3) is 0 Å². The highest BCUT2D eigenvalue weighted by Gasteiger charge is 2.22. The summed E-state index contributed by atoms with van der Waals surface area (Å²) >= 11 is 0. The minimum absolute atomic E-state index is 0.246. The summed E-state index contributed by atoms with van der Waals surface area (Å²) in [5, 5.41) is 0. The van der Waals surface area contributed by atoms with Crippen LogP contribution in [0.15, 0.2) is 12.2 Å². The van der Waals surface area contributed by atoms with Crippen LogP contribution in [0.1, 0.15) is 206 Å². The number of carbonyl (C=O) groups excluding carboxylic acids is 1. The monoisotopic (exact) mass is 652 g/mol. The highest BCUT2D eigenvalue weighted by molar-refractivity contribution is 7.32. The van der Waals surface area contributed by atoms with E-state index < -0.39 is 0 Å². The minimum Gasteiger partial charge on any atom is -0.546 e. The Labute approximate surface area is 286 Å². The van der Waals surface area contributed by atoms with Gasteiger partial charge in [-0.2, -0.15) is 6.16 Å². The fourth-order valence-corrected chi connectivity index (χ4v) is 6.91. The van der Waals surface area contributed by atoms with Crippen molar-refractivity contribution >= 4 is 14.6 Å². The SMILES string of the molecule is CCCCCCCC/C=C\CCCCCCCC(=O)C(C[N+](C)(C)C)O[P-]CCCCCCCCCCCCCCCCCC. The van der Waals surface area contributed by atoms with E-state index in [2.05, 4.69) is 47.1 Å². The van der Waals surface area contributed by atoms with Crippen molar-refractivity contribution in [2.75, 3.05) is 33.8 Å². The Bertz CT molecular complexity index is 629. The van der Waals surface area contributed by atoms with Crippen molar-refractivity contribution in [2.45, 2.75) is 213 Å². The number of ketones is 1. The van der Waals surface area contributed by atoms with Crippen LogP contribution in [0.3, 0.4) is 0 Å². The molecule has 0 amide bonds. The van der Waals surface area contributed by atoms with Gasteiger partial charge >= 0.3 is 0 Å². The first kappa shape index (κ1) is 44.8. The molecule has 0 radical (unpaired) electrons. The van der Waals surface area contributed by atoms with Gasteiger partial charge in [-0.15, -0.1) is 0 Å². The van der Waals surface area contributed by atoms with Gasteiger partial charge in [0.1, 0.15) is 12.6 Å². The van der Waals surface area contributed by atoms with Crippen LogP contribution >= 0.6 is 8.81 Å². The number of unbranched alkanes of at least 4 members (excludes halogenated alkanes) is 26. The molecule has 0 spiro atoms. The third-order valence-electron chi connectivity index (χ3n) is 9.06. The van der Waals surface area contributed by atoms with Gasteiger partial charge in [-0.3, -0.25) is 4.79 Å². The summed E-state index contributed by atoms with van der Waals surface area (Å²) in [4.78, 5) is 13.0. The Morgan fingerprint density at radius 1 is 0.533 bits per heavy atom. The number of nitrogens with zero attached hydrogens (tertiary/aromatic N) is 1. The fraction of sp³-hybridized carbons (Fsp3) is 0.927. The average Bonchev–Trinajstić information content (AvgIpc) is 3.01. The summed E-state index contributed by atoms with van der Waals surface area (Å²) in [5.74, 6) is 0.320. The molecule has 0 bridgehead atoms. The van der Waals surface area contributed by atoms with Gasteiger partial charge in [0.05, 0.1) is 21.1 Å². The maximum absolute atomic E-state index is 13.0. The molecule has 0 aliphatic rings. The van der Waals surface area contributed by atoms with Crippen molar-refractivity contribution < 1.29 is 13.8 Å². The molecule has 0 N–H and O–H groups in total. The van der Waals surface area contributed by atoms with E-state index in [4.69, 9.17) is 4.52 Å². The number of likely N-dealkylation sites (N-methyl/N-ethyl adjacent to an activating group) is 1. The zero-order valence-corrected chi connectivity index (χ0v) is 32.5. The van der Waals surface area contributed by atoms with E-state index in [9.17, 15) is 4.79 Å². The lowest BCUT2D eigenvalue weighted by Crippen LogP contribution is -2.44. The van der Waals surface area contributed by atoms with Crippen molar-refractivity contribution in [1.82, 2.24) is 0 Å². The van der Waals surface area contributed by atoms with Gasteiger partial charge in [-0.25, -0.2) is 0 Å². The van der Waals surface area contributed by atoms with Crippen molar-refractivity contribution in [2.24, 2.45) is 0 Å². The molecule has 45 heavy (non-hydrogen) atoms. The van der Waals surface area contributed by atoms with Gasteiger partial charge in [0.25, 0.3) is 0 Å². The van der Waals surface area contributed by atoms with Crippen LogP contribution in [0.5, 0.6) is 0 Å². The number of quaternary nitrogens is 1. The highest BCUT2D eigenvalue weighted by Crippen LogP contribution is 2.22. The normalized spacial score (nSPS) is 13.1. The van der Waals surface area contributed by atoms with Gasteiger partial charge in [0, 0.05) is 6.42 Å². The molecule has 0 heterocycles. The quantitative estimate of drug-likeness (QED) is 0.0289. The molecule has 1 unspecified atom stereocenters. The molecule has 0 aliphatic heterocycles. The number of Topliss-reactive ketones (excluding diaryl/α,β-unsaturated/α-hetero) is 1. The number of carbonyl (C=O) groups is 1. The minimum atomic E-state index is -0.246. The van der Waals surface area contributed by atoms with Crippen LogP contribution in [0, 0.1) is 0 Å². The standard InChI is InChI=1S/C41H82NO2P/c1-6-8-10-12-14-16-18-20-22-24-26-28-30-32-34-36-38-45-44-41(39-42(3,4)5)40(43)37-35-33-31-29-27-25-23-21-19-17-15-13-11-9-7-2/h21,23,41H,6-20,22,24-39H2,1-5H3/b23-21-. The molecule has 0 saturated carbocycles. The van der Waals surface area contributed by atoms with Crippen molar-refractivity contribution in [3.63, 3.8) is 0 Å². The topological polar surface area (TPSA) is 26.3 Å². The van der Waals surface area contributed by atoms with Crippen molar-refractivity contribution in [3.05, 3.63) is 12.2 Å². The number of rotatable bonds is 37. The lowest BCUT2D eigenvalue weighted by Gasteiger charge is -2.33. The Morgan fingerprint density at radius 3 is 1.29 bits per heavy atom. The number of hydrogen-bond donors (Lipinski definition) is 0. The molecule has 3 nitrogen and oxygen atoms in total. The molecule has 0 aliphatic carbocycles. The lowest BCUT2D eigenvalue weighted by molar-refractivity contribution is -0.872. The van der Waals surface area contributed by atoms with Crippen molar-refractivity contribution in [3.8, 4) is 0 Å². The van der Waals surface area contributed by atoms with Crippen LogP contribution < -0.4 is 0 Å². The average molecular weight is 652 g/mol. The summed E-state index contributed by atoms with van der Waals surface area (Å²) in [6.45, 7) is 5.35. The molecular formula is C41H82NO2P. The predicted octanol–water partition coefficient (Wildman–Crippen LogP) is 13.8. The van der Waals surface area contributed by atoms with Gasteiger partial charge < -0.3 is 17.8 Å². The Balaban J connectivity index is 3.73. The van der Waals surface area contributed by atoms with Gasteiger partial charge in [0.15, 0.2) is 5.78 Å². The molecule has 0 fully saturated rings. The Kier molecular flexibility index (Phi) is 34.9. The van der Waals surface area contributed by atoms with E-state index in [1.54, 1.807) is 0 Å².